The minimum absolute atomic E-state index is 0.00979. The Morgan fingerprint density at radius 3 is 2.04 bits per heavy atom. The molecule has 0 aliphatic carbocycles. The maximum absolute atomic E-state index is 14.7. The zero-order valence-electron chi connectivity index (χ0n) is 28.0. The number of methoxy groups -OCH3 is 4. The topological polar surface area (TPSA) is 124 Å². The van der Waals surface area contributed by atoms with Crippen LogP contribution in [0.15, 0.2) is 95.9 Å². The van der Waals surface area contributed by atoms with Crippen LogP contribution in [0.1, 0.15) is 18.1 Å². The Labute approximate surface area is 292 Å². The van der Waals surface area contributed by atoms with E-state index in [-0.39, 0.29) is 41.0 Å². The number of nitrogens with one attached hydrogen (secondary N) is 1. The van der Waals surface area contributed by atoms with Gasteiger partial charge in [0.05, 0.1) is 39.0 Å². The van der Waals surface area contributed by atoms with Gasteiger partial charge in [-0.2, -0.15) is 0 Å². The number of nitrogens with zero attached hydrogens (tertiary/aromatic N) is 2. The summed E-state index contributed by atoms with van der Waals surface area (Å²) in [5.74, 6) is -0.0265. The van der Waals surface area contributed by atoms with E-state index in [1.165, 1.54) is 57.6 Å². The molecule has 0 fully saturated rings. The highest BCUT2D eigenvalue weighted by Gasteiger charge is 2.36. The van der Waals surface area contributed by atoms with Crippen LogP contribution in [0.5, 0.6) is 23.0 Å². The van der Waals surface area contributed by atoms with Crippen LogP contribution in [0.25, 0.3) is 0 Å². The Morgan fingerprint density at radius 1 is 0.776 bits per heavy atom. The van der Waals surface area contributed by atoms with Gasteiger partial charge in [0.15, 0.2) is 11.5 Å². The second-order valence-corrected chi connectivity index (χ2v) is 13.1. The van der Waals surface area contributed by atoms with Crippen LogP contribution >= 0.6 is 11.6 Å². The Morgan fingerprint density at radius 2 is 1.43 bits per heavy atom. The molecule has 0 aliphatic rings. The molecule has 11 nitrogen and oxygen atoms in total. The maximum Gasteiger partial charge on any atom is 0.265 e. The van der Waals surface area contributed by atoms with Crippen molar-refractivity contribution in [2.75, 3.05) is 45.8 Å². The predicted octanol–water partition coefficient (Wildman–Crippen LogP) is 5.35. The van der Waals surface area contributed by atoms with Crippen LogP contribution < -0.4 is 28.6 Å². The number of anilines is 1. The van der Waals surface area contributed by atoms with E-state index in [1.807, 2.05) is 30.3 Å². The second-order valence-electron chi connectivity index (χ2n) is 10.8. The van der Waals surface area contributed by atoms with E-state index in [0.717, 1.165) is 9.87 Å². The molecule has 0 bridgehead atoms. The van der Waals surface area contributed by atoms with E-state index in [9.17, 15) is 18.0 Å². The highest BCUT2D eigenvalue weighted by atomic mass is 35.5. The number of benzene rings is 4. The normalized spacial score (nSPS) is 11.6. The maximum atomic E-state index is 14.7. The number of halogens is 1. The van der Waals surface area contributed by atoms with Gasteiger partial charge in [0.2, 0.25) is 11.8 Å². The van der Waals surface area contributed by atoms with E-state index < -0.39 is 28.5 Å². The number of hydrogen-bond acceptors (Lipinski definition) is 8. The van der Waals surface area contributed by atoms with Gasteiger partial charge in [-0.1, -0.05) is 54.1 Å². The molecule has 4 aromatic carbocycles. The van der Waals surface area contributed by atoms with E-state index in [1.54, 1.807) is 43.3 Å². The fourth-order valence-corrected chi connectivity index (χ4v) is 6.80. The number of hydrogen-bond donors (Lipinski definition) is 1. The third-order valence-corrected chi connectivity index (χ3v) is 9.77. The van der Waals surface area contributed by atoms with Gasteiger partial charge < -0.3 is 29.2 Å². The van der Waals surface area contributed by atoms with E-state index in [0.29, 0.717) is 28.6 Å². The lowest BCUT2D eigenvalue weighted by atomic mass is 10.0. The van der Waals surface area contributed by atoms with Gasteiger partial charge in [0, 0.05) is 36.7 Å². The Hall–Kier alpha value is -4.94. The smallest absolute Gasteiger partial charge is 0.265 e. The third-order valence-electron chi connectivity index (χ3n) is 7.76. The summed E-state index contributed by atoms with van der Waals surface area (Å²) in [5.41, 5.74) is 1.55. The van der Waals surface area contributed by atoms with Crippen molar-refractivity contribution >= 4 is 39.1 Å². The lowest BCUT2D eigenvalue weighted by molar-refractivity contribution is -0.140. The van der Waals surface area contributed by atoms with E-state index in [2.05, 4.69) is 5.32 Å². The summed E-state index contributed by atoms with van der Waals surface area (Å²) < 4.78 is 51.8. The van der Waals surface area contributed by atoms with Crippen molar-refractivity contribution in [3.8, 4) is 23.0 Å². The summed E-state index contributed by atoms with van der Waals surface area (Å²) in [7, 11) is 1.17. The second kappa shape index (κ2) is 16.9. The van der Waals surface area contributed by atoms with Crippen LogP contribution in [0, 0.1) is 0 Å². The van der Waals surface area contributed by atoms with Crippen molar-refractivity contribution in [2.45, 2.75) is 30.8 Å². The van der Waals surface area contributed by atoms with E-state index >= 15 is 0 Å². The van der Waals surface area contributed by atoms with Crippen molar-refractivity contribution in [3.05, 3.63) is 107 Å². The van der Waals surface area contributed by atoms with Gasteiger partial charge >= 0.3 is 0 Å². The molecular weight excluding hydrogens is 670 g/mol. The van der Waals surface area contributed by atoms with Crippen LogP contribution in [0.3, 0.4) is 0 Å². The largest absolute Gasteiger partial charge is 0.497 e. The third kappa shape index (κ3) is 8.95. The first-order chi connectivity index (χ1) is 23.6. The van der Waals surface area contributed by atoms with Crippen molar-refractivity contribution in [3.63, 3.8) is 0 Å². The first kappa shape index (κ1) is 36.9. The first-order valence-electron chi connectivity index (χ1n) is 15.4. The van der Waals surface area contributed by atoms with Crippen molar-refractivity contribution in [1.29, 1.82) is 0 Å². The molecular formula is C36H40ClN3O8S. The predicted molar refractivity (Wildman–Crippen MR) is 188 cm³/mol. The average molecular weight is 710 g/mol. The van der Waals surface area contributed by atoms with Gasteiger partial charge in [0.1, 0.15) is 24.1 Å². The number of amides is 2. The molecule has 4 rings (SSSR count). The van der Waals surface area contributed by atoms with Crippen LogP contribution in [-0.2, 0) is 32.6 Å². The zero-order valence-corrected chi connectivity index (χ0v) is 29.6. The Bertz CT molecular complexity index is 1840. The Balaban J connectivity index is 1.89. The van der Waals surface area contributed by atoms with Gasteiger partial charge in [-0.25, -0.2) is 8.42 Å². The summed E-state index contributed by atoms with van der Waals surface area (Å²) >= 11 is 6.15. The molecule has 13 heteroatoms. The zero-order chi connectivity index (χ0) is 35.6. The van der Waals surface area contributed by atoms with Crippen molar-refractivity contribution in [1.82, 2.24) is 10.2 Å². The number of likely N-dealkylation sites (N-methyl/N-ethyl adjacent to an activating group) is 1. The summed E-state index contributed by atoms with van der Waals surface area (Å²) in [4.78, 5) is 29.6. The van der Waals surface area contributed by atoms with Gasteiger partial charge in [0.25, 0.3) is 10.0 Å². The van der Waals surface area contributed by atoms with Crippen LogP contribution in [0.4, 0.5) is 5.69 Å². The molecule has 0 spiro atoms. The summed E-state index contributed by atoms with van der Waals surface area (Å²) in [5, 5.41) is 3.35. The number of ether oxygens (including phenoxy) is 4. The minimum atomic E-state index is -4.49. The molecule has 1 atom stereocenters. The summed E-state index contributed by atoms with van der Waals surface area (Å²) in [6, 6.07) is 24.0. The summed E-state index contributed by atoms with van der Waals surface area (Å²) in [6.07, 6.45) is 0.177. The van der Waals surface area contributed by atoms with Crippen LogP contribution in [0.2, 0.25) is 5.02 Å². The lowest BCUT2D eigenvalue weighted by Gasteiger charge is -2.34. The molecule has 0 aliphatic heterocycles. The number of carbonyl (C=O) groups is 2. The van der Waals surface area contributed by atoms with Crippen LogP contribution in [-0.4, -0.2) is 72.7 Å². The lowest BCUT2D eigenvalue weighted by Crippen LogP contribution is -2.53. The SMILES string of the molecule is CCNC(=O)[C@H](Cc1ccccc1)N(Cc1ccc(Cl)cc1)C(=O)CN(c1cc(OC)ccc1OC)S(=O)(=O)c1ccc(OC)c(OC)c1. The molecule has 0 saturated carbocycles. The molecule has 0 heterocycles. The van der Waals surface area contributed by atoms with Crippen molar-refractivity contribution < 1.29 is 37.0 Å². The Kier molecular flexibility index (Phi) is 12.8. The molecule has 0 aromatic heterocycles. The fourth-order valence-electron chi connectivity index (χ4n) is 5.24. The average Bonchev–Trinajstić information content (AvgIpc) is 3.12. The van der Waals surface area contributed by atoms with Gasteiger partial charge in [-0.15, -0.1) is 0 Å². The monoisotopic (exact) mass is 709 g/mol. The number of rotatable bonds is 16. The number of carbonyl (C=O) groups excluding carboxylic acids is 2. The molecule has 0 radical (unpaired) electrons. The molecule has 1 N–H and O–H groups in total. The molecule has 49 heavy (non-hydrogen) atoms. The van der Waals surface area contributed by atoms with Crippen molar-refractivity contribution in [2.24, 2.45) is 0 Å². The highest BCUT2D eigenvalue weighted by Crippen LogP contribution is 2.38. The molecule has 4 aromatic rings. The summed E-state index contributed by atoms with van der Waals surface area (Å²) in [6.45, 7) is 1.41. The standard InChI is InChI=1S/C36H40ClN3O8S/c1-6-38-36(42)31(20-25-10-8-7-9-11-25)39(23-26-12-14-27(37)15-13-26)35(41)24-40(30-21-28(45-2)16-18-32(30)46-3)49(43,44)29-17-19-33(47-4)34(22-29)48-5/h7-19,21-22,31H,6,20,23-24H2,1-5H3,(H,38,42)/t31-/m0/s1. The quantitative estimate of drug-likeness (QED) is 0.165. The molecule has 260 valence electrons. The number of sulfonamides is 1. The van der Waals surface area contributed by atoms with Gasteiger partial charge in [-0.3, -0.25) is 13.9 Å². The van der Waals surface area contributed by atoms with Gasteiger partial charge in [-0.05, 0) is 54.4 Å². The molecule has 2 amide bonds. The minimum Gasteiger partial charge on any atom is -0.497 e. The highest BCUT2D eigenvalue weighted by molar-refractivity contribution is 7.92. The van der Waals surface area contributed by atoms with E-state index in [4.69, 9.17) is 30.5 Å². The molecule has 0 unspecified atom stereocenters. The first-order valence-corrected chi connectivity index (χ1v) is 17.2. The molecule has 0 saturated heterocycles. The fraction of sp³-hybridized carbons (Fsp3) is 0.278.